The number of aryl methyl sites for hydroxylation is 1. The number of halogens is 2. The number of nitrogens with zero attached hydrogens (tertiary/aromatic N) is 1. The SMILES string of the molecule is Cc1cc(OCc2ccc(C#N)cc2F)ccc1Cl. The Kier molecular flexibility index (Phi) is 4.03. The van der Waals surface area contributed by atoms with E-state index >= 15 is 0 Å². The summed E-state index contributed by atoms with van der Waals surface area (Å²) in [7, 11) is 0. The van der Waals surface area contributed by atoms with Gasteiger partial charge in [-0.25, -0.2) is 4.39 Å². The summed E-state index contributed by atoms with van der Waals surface area (Å²) in [5.41, 5.74) is 1.61. The van der Waals surface area contributed by atoms with Crippen molar-refractivity contribution >= 4 is 11.6 Å². The summed E-state index contributed by atoms with van der Waals surface area (Å²) in [6.45, 7) is 1.98. The van der Waals surface area contributed by atoms with Crippen molar-refractivity contribution in [2.75, 3.05) is 0 Å². The zero-order chi connectivity index (χ0) is 13.8. The minimum atomic E-state index is -0.440. The fraction of sp³-hybridized carbons (Fsp3) is 0.133. The molecule has 0 atom stereocenters. The summed E-state index contributed by atoms with van der Waals surface area (Å²) in [6.07, 6.45) is 0. The molecule has 2 rings (SSSR count). The van der Waals surface area contributed by atoms with Crippen molar-refractivity contribution in [1.29, 1.82) is 5.26 Å². The van der Waals surface area contributed by atoms with Crippen LogP contribution in [-0.2, 0) is 6.61 Å². The highest BCUT2D eigenvalue weighted by Crippen LogP contribution is 2.22. The highest BCUT2D eigenvalue weighted by molar-refractivity contribution is 6.31. The molecule has 96 valence electrons. The average molecular weight is 276 g/mol. The molecular weight excluding hydrogens is 265 g/mol. The van der Waals surface area contributed by atoms with Crippen LogP contribution in [0.2, 0.25) is 5.02 Å². The predicted octanol–water partition coefficient (Wildman–Crippen LogP) is 4.24. The van der Waals surface area contributed by atoms with Gasteiger partial charge in [-0.2, -0.15) is 5.26 Å². The van der Waals surface area contributed by atoms with Gasteiger partial charge in [0.1, 0.15) is 18.2 Å². The number of nitriles is 1. The van der Waals surface area contributed by atoms with E-state index in [1.807, 2.05) is 13.0 Å². The van der Waals surface area contributed by atoms with Crippen molar-refractivity contribution in [3.8, 4) is 11.8 Å². The second kappa shape index (κ2) is 5.73. The number of benzene rings is 2. The van der Waals surface area contributed by atoms with Gasteiger partial charge in [0, 0.05) is 10.6 Å². The van der Waals surface area contributed by atoms with Crippen LogP contribution in [0.4, 0.5) is 4.39 Å². The van der Waals surface area contributed by atoms with Crippen LogP contribution in [0.1, 0.15) is 16.7 Å². The lowest BCUT2D eigenvalue weighted by Gasteiger charge is -2.08. The van der Waals surface area contributed by atoms with Gasteiger partial charge in [0.2, 0.25) is 0 Å². The van der Waals surface area contributed by atoms with Crippen LogP contribution in [0.3, 0.4) is 0 Å². The van der Waals surface area contributed by atoms with Gasteiger partial charge in [-0.15, -0.1) is 0 Å². The summed E-state index contributed by atoms with van der Waals surface area (Å²) in [5, 5.41) is 9.32. The molecule has 0 heterocycles. The van der Waals surface area contributed by atoms with Gasteiger partial charge in [0.15, 0.2) is 0 Å². The van der Waals surface area contributed by atoms with Crippen LogP contribution >= 0.6 is 11.6 Å². The zero-order valence-electron chi connectivity index (χ0n) is 10.3. The third-order valence-corrected chi connectivity index (χ3v) is 3.13. The van der Waals surface area contributed by atoms with Crippen molar-refractivity contribution < 1.29 is 9.13 Å². The van der Waals surface area contributed by atoms with Crippen molar-refractivity contribution in [3.05, 3.63) is 63.9 Å². The van der Waals surface area contributed by atoms with Gasteiger partial charge in [-0.1, -0.05) is 17.7 Å². The van der Waals surface area contributed by atoms with E-state index in [1.54, 1.807) is 30.3 Å². The molecule has 2 aromatic rings. The second-order valence-electron chi connectivity index (χ2n) is 4.12. The normalized spacial score (nSPS) is 10.0. The third-order valence-electron chi connectivity index (χ3n) is 2.71. The van der Waals surface area contributed by atoms with Crippen LogP contribution in [-0.4, -0.2) is 0 Å². The van der Waals surface area contributed by atoms with E-state index in [0.29, 0.717) is 21.9 Å². The lowest BCUT2D eigenvalue weighted by molar-refractivity contribution is 0.299. The Balaban J connectivity index is 2.10. The van der Waals surface area contributed by atoms with Crippen molar-refractivity contribution in [1.82, 2.24) is 0 Å². The lowest BCUT2D eigenvalue weighted by atomic mass is 10.1. The Labute approximate surface area is 116 Å². The molecule has 0 saturated carbocycles. The first-order valence-corrected chi connectivity index (χ1v) is 6.05. The average Bonchev–Trinajstić information content (AvgIpc) is 2.41. The van der Waals surface area contributed by atoms with Crippen LogP contribution in [0.15, 0.2) is 36.4 Å². The topological polar surface area (TPSA) is 33.0 Å². The van der Waals surface area contributed by atoms with E-state index in [9.17, 15) is 4.39 Å². The molecule has 0 spiro atoms. The third kappa shape index (κ3) is 3.24. The molecule has 0 bridgehead atoms. The van der Waals surface area contributed by atoms with Crippen molar-refractivity contribution in [3.63, 3.8) is 0 Å². The van der Waals surface area contributed by atoms with Crippen molar-refractivity contribution in [2.45, 2.75) is 13.5 Å². The van der Waals surface area contributed by atoms with E-state index in [0.717, 1.165) is 5.56 Å². The summed E-state index contributed by atoms with van der Waals surface area (Å²) < 4.78 is 19.1. The maximum absolute atomic E-state index is 13.6. The molecule has 0 aliphatic rings. The molecular formula is C15H11ClFNO. The Morgan fingerprint density at radius 2 is 2.05 bits per heavy atom. The molecule has 0 saturated heterocycles. The minimum absolute atomic E-state index is 0.110. The van der Waals surface area contributed by atoms with Crippen LogP contribution in [0, 0.1) is 24.1 Å². The van der Waals surface area contributed by atoms with Gasteiger partial charge < -0.3 is 4.74 Å². The van der Waals surface area contributed by atoms with E-state index in [4.69, 9.17) is 21.6 Å². The first-order chi connectivity index (χ1) is 9.10. The molecule has 0 fully saturated rings. The quantitative estimate of drug-likeness (QED) is 0.839. The Bertz CT molecular complexity index is 649. The number of rotatable bonds is 3. The van der Waals surface area contributed by atoms with Crippen LogP contribution in [0.25, 0.3) is 0 Å². The molecule has 0 aromatic heterocycles. The van der Waals surface area contributed by atoms with Crippen LogP contribution < -0.4 is 4.74 Å². The molecule has 0 radical (unpaired) electrons. The Hall–Kier alpha value is -2.05. The molecule has 4 heteroatoms. The molecule has 0 unspecified atom stereocenters. The number of hydrogen-bond donors (Lipinski definition) is 0. The summed E-state index contributed by atoms with van der Waals surface area (Å²) >= 11 is 5.91. The maximum atomic E-state index is 13.6. The summed E-state index contributed by atoms with van der Waals surface area (Å²) in [4.78, 5) is 0. The number of hydrogen-bond acceptors (Lipinski definition) is 2. The first kappa shape index (κ1) is 13.4. The fourth-order valence-corrected chi connectivity index (χ4v) is 1.72. The largest absolute Gasteiger partial charge is 0.489 e. The van der Waals surface area contributed by atoms with Crippen LogP contribution in [0.5, 0.6) is 5.75 Å². The smallest absolute Gasteiger partial charge is 0.131 e. The fourth-order valence-electron chi connectivity index (χ4n) is 1.60. The van der Waals surface area contributed by atoms with E-state index in [2.05, 4.69) is 0 Å². The summed E-state index contributed by atoms with van der Waals surface area (Å²) in [6, 6.07) is 11.5. The molecule has 2 aromatic carbocycles. The molecule has 0 N–H and O–H groups in total. The Morgan fingerprint density at radius 1 is 1.26 bits per heavy atom. The first-order valence-electron chi connectivity index (χ1n) is 5.67. The molecule has 0 amide bonds. The monoisotopic (exact) mass is 275 g/mol. The van der Waals surface area contributed by atoms with Gasteiger partial charge in [0.25, 0.3) is 0 Å². The standard InChI is InChI=1S/C15H11ClFNO/c1-10-6-13(4-5-14(10)16)19-9-12-3-2-11(8-18)7-15(12)17/h2-7H,9H2,1H3. The predicted molar refractivity (Wildman–Crippen MR) is 71.6 cm³/mol. The molecule has 0 aliphatic carbocycles. The van der Waals surface area contributed by atoms with Gasteiger partial charge in [-0.05, 0) is 42.8 Å². The second-order valence-corrected chi connectivity index (χ2v) is 4.52. The van der Waals surface area contributed by atoms with E-state index < -0.39 is 5.82 Å². The maximum Gasteiger partial charge on any atom is 0.131 e. The Morgan fingerprint density at radius 3 is 2.68 bits per heavy atom. The van der Waals surface area contributed by atoms with Gasteiger partial charge in [0.05, 0.1) is 11.6 Å². The highest BCUT2D eigenvalue weighted by atomic mass is 35.5. The van der Waals surface area contributed by atoms with Gasteiger partial charge >= 0.3 is 0 Å². The summed E-state index contributed by atoms with van der Waals surface area (Å²) in [5.74, 6) is 0.190. The molecule has 0 aliphatic heterocycles. The minimum Gasteiger partial charge on any atom is -0.489 e. The van der Waals surface area contributed by atoms with Crippen molar-refractivity contribution in [2.24, 2.45) is 0 Å². The lowest BCUT2D eigenvalue weighted by Crippen LogP contribution is -1.99. The molecule has 2 nitrogen and oxygen atoms in total. The van der Waals surface area contributed by atoms with E-state index in [-0.39, 0.29) is 6.61 Å². The zero-order valence-corrected chi connectivity index (χ0v) is 11.0. The molecule has 19 heavy (non-hydrogen) atoms. The highest BCUT2D eigenvalue weighted by Gasteiger charge is 2.05. The van der Waals surface area contributed by atoms with Gasteiger partial charge in [-0.3, -0.25) is 0 Å². The number of ether oxygens (including phenoxy) is 1. The van der Waals surface area contributed by atoms with E-state index in [1.165, 1.54) is 6.07 Å².